The number of aromatic nitrogens is 4. The van der Waals surface area contributed by atoms with Crippen molar-refractivity contribution in [1.82, 2.24) is 25.7 Å². The fourth-order valence-corrected chi connectivity index (χ4v) is 3.09. The first kappa shape index (κ1) is 14.6. The van der Waals surface area contributed by atoms with Crippen molar-refractivity contribution in [3.63, 3.8) is 0 Å². The summed E-state index contributed by atoms with van der Waals surface area (Å²) in [5.74, 6) is 0.883. The van der Waals surface area contributed by atoms with Crippen molar-refractivity contribution in [2.75, 3.05) is 18.0 Å². The summed E-state index contributed by atoms with van der Waals surface area (Å²) in [6.07, 6.45) is 3.80. The molecular weight excluding hydrogens is 304 g/mol. The Balaban J connectivity index is 1.45. The highest BCUT2D eigenvalue weighted by molar-refractivity contribution is 5.97. The molecule has 3 aromatic rings. The molecule has 7 heteroatoms. The summed E-state index contributed by atoms with van der Waals surface area (Å²) in [6.45, 7) is 1.74. The van der Waals surface area contributed by atoms with Crippen LogP contribution in [0.25, 0.3) is 11.0 Å². The van der Waals surface area contributed by atoms with E-state index in [9.17, 15) is 4.79 Å². The molecule has 3 heterocycles. The monoisotopic (exact) mass is 322 g/mol. The van der Waals surface area contributed by atoms with Gasteiger partial charge in [-0.3, -0.25) is 4.79 Å². The molecule has 0 aliphatic carbocycles. The van der Waals surface area contributed by atoms with E-state index in [4.69, 9.17) is 0 Å². The van der Waals surface area contributed by atoms with Gasteiger partial charge in [-0.2, -0.15) is 15.4 Å². The molecule has 0 spiro atoms. The Morgan fingerprint density at radius 2 is 2.12 bits per heavy atom. The van der Waals surface area contributed by atoms with Crippen LogP contribution in [0.2, 0.25) is 0 Å². The van der Waals surface area contributed by atoms with Gasteiger partial charge in [-0.25, -0.2) is 4.98 Å². The van der Waals surface area contributed by atoms with Crippen molar-refractivity contribution >= 4 is 22.8 Å². The van der Waals surface area contributed by atoms with Gasteiger partial charge in [-0.15, -0.1) is 0 Å². The zero-order valence-electron chi connectivity index (χ0n) is 13.1. The average molecular weight is 322 g/mol. The van der Waals surface area contributed by atoms with E-state index in [-0.39, 0.29) is 11.9 Å². The van der Waals surface area contributed by atoms with Crippen molar-refractivity contribution in [1.29, 1.82) is 0 Å². The molecule has 2 aromatic heterocycles. The average Bonchev–Trinajstić information content (AvgIpc) is 3.10. The van der Waals surface area contributed by atoms with Gasteiger partial charge in [0.2, 0.25) is 0 Å². The Hall–Kier alpha value is -2.96. The van der Waals surface area contributed by atoms with Crippen LogP contribution < -0.4 is 10.2 Å². The zero-order chi connectivity index (χ0) is 16.4. The number of carbonyl (C=O) groups excluding carboxylic acids is 1. The van der Waals surface area contributed by atoms with Gasteiger partial charge in [0.15, 0.2) is 0 Å². The number of amides is 1. The van der Waals surface area contributed by atoms with E-state index in [1.54, 1.807) is 24.4 Å². The zero-order valence-corrected chi connectivity index (χ0v) is 13.1. The van der Waals surface area contributed by atoms with Crippen LogP contribution in [0.5, 0.6) is 0 Å². The number of carbonyl (C=O) groups is 1. The molecular formula is C17H18N6O. The van der Waals surface area contributed by atoms with Crippen molar-refractivity contribution in [3.05, 3.63) is 48.2 Å². The highest BCUT2D eigenvalue weighted by Crippen LogP contribution is 2.18. The first-order valence-electron chi connectivity index (χ1n) is 8.07. The normalized spacial score (nSPS) is 17.8. The van der Waals surface area contributed by atoms with E-state index in [0.717, 1.165) is 37.3 Å². The minimum Gasteiger partial charge on any atom is -0.355 e. The van der Waals surface area contributed by atoms with E-state index in [1.807, 2.05) is 18.2 Å². The van der Waals surface area contributed by atoms with E-state index in [1.165, 1.54) is 0 Å². The molecule has 7 nitrogen and oxygen atoms in total. The molecule has 1 aliphatic rings. The minimum absolute atomic E-state index is 0.0761. The Morgan fingerprint density at radius 3 is 3.00 bits per heavy atom. The summed E-state index contributed by atoms with van der Waals surface area (Å²) >= 11 is 0. The second-order valence-corrected chi connectivity index (χ2v) is 5.97. The second kappa shape index (κ2) is 6.27. The molecule has 0 saturated carbocycles. The fourth-order valence-electron chi connectivity index (χ4n) is 3.09. The lowest BCUT2D eigenvalue weighted by Crippen LogP contribution is -2.48. The number of nitrogens with one attached hydrogen (secondary N) is 2. The number of rotatable bonds is 3. The van der Waals surface area contributed by atoms with Crippen molar-refractivity contribution in [2.45, 2.75) is 18.9 Å². The summed E-state index contributed by atoms with van der Waals surface area (Å²) in [5.41, 5.74) is 2.05. The van der Waals surface area contributed by atoms with Crippen LogP contribution in [0.3, 0.4) is 0 Å². The quantitative estimate of drug-likeness (QED) is 0.767. The standard InChI is InChI=1S/C17H18N6O/c24-17(12-6-7-14-15(10-12)21-22-20-14)19-13-4-3-9-23(11-13)16-5-1-2-8-18-16/h1-2,5-8,10,13H,3-4,9,11H2,(H,19,24)(H,20,21,22)/t13-/m0/s1. The lowest BCUT2D eigenvalue weighted by atomic mass is 10.0. The van der Waals surface area contributed by atoms with Gasteiger partial charge in [0.05, 0.1) is 0 Å². The number of H-pyrrole nitrogens is 1. The molecule has 1 aromatic carbocycles. The Kier molecular flexibility index (Phi) is 3.82. The van der Waals surface area contributed by atoms with Gasteiger partial charge >= 0.3 is 0 Å². The maximum atomic E-state index is 12.5. The highest BCUT2D eigenvalue weighted by atomic mass is 16.1. The first-order chi connectivity index (χ1) is 11.8. The summed E-state index contributed by atoms with van der Waals surface area (Å²) in [5, 5.41) is 13.7. The summed E-state index contributed by atoms with van der Waals surface area (Å²) in [4.78, 5) is 19.1. The van der Waals surface area contributed by atoms with Crippen LogP contribution in [0.1, 0.15) is 23.2 Å². The van der Waals surface area contributed by atoms with Crippen LogP contribution >= 0.6 is 0 Å². The number of pyridine rings is 1. The predicted octanol–water partition coefficient (Wildman–Crippen LogP) is 1.75. The Bertz CT molecular complexity index is 846. The minimum atomic E-state index is -0.0761. The van der Waals surface area contributed by atoms with Gasteiger partial charge < -0.3 is 10.2 Å². The SMILES string of the molecule is O=C(N[C@H]1CCCN(c2ccccn2)C1)c1ccc2n[nH]nc2c1. The van der Waals surface area contributed by atoms with Crippen molar-refractivity contribution in [3.8, 4) is 0 Å². The number of anilines is 1. The Labute approximate surface area is 139 Å². The van der Waals surface area contributed by atoms with Gasteiger partial charge in [0.25, 0.3) is 5.91 Å². The van der Waals surface area contributed by atoms with Crippen LogP contribution in [-0.4, -0.2) is 45.4 Å². The third-order valence-corrected chi connectivity index (χ3v) is 4.31. The third kappa shape index (κ3) is 2.92. The second-order valence-electron chi connectivity index (χ2n) is 5.97. The number of benzene rings is 1. The number of piperidine rings is 1. The van der Waals surface area contributed by atoms with Gasteiger partial charge in [0, 0.05) is 30.9 Å². The molecule has 0 radical (unpaired) electrons. The molecule has 24 heavy (non-hydrogen) atoms. The molecule has 2 N–H and O–H groups in total. The number of aromatic amines is 1. The van der Waals surface area contributed by atoms with Crippen LogP contribution in [-0.2, 0) is 0 Å². The topological polar surface area (TPSA) is 86.8 Å². The van der Waals surface area contributed by atoms with Gasteiger partial charge in [-0.05, 0) is 43.2 Å². The van der Waals surface area contributed by atoms with Crippen LogP contribution in [0.4, 0.5) is 5.82 Å². The molecule has 1 saturated heterocycles. The molecule has 1 amide bonds. The molecule has 0 unspecified atom stereocenters. The Morgan fingerprint density at radius 1 is 1.21 bits per heavy atom. The lowest BCUT2D eigenvalue weighted by Gasteiger charge is -2.34. The largest absolute Gasteiger partial charge is 0.355 e. The maximum absolute atomic E-state index is 12.5. The van der Waals surface area contributed by atoms with E-state index in [0.29, 0.717) is 11.1 Å². The van der Waals surface area contributed by atoms with Crippen LogP contribution in [0, 0.1) is 0 Å². The summed E-state index contributed by atoms with van der Waals surface area (Å²) < 4.78 is 0. The number of hydrogen-bond acceptors (Lipinski definition) is 5. The fraction of sp³-hybridized carbons (Fsp3) is 0.294. The van der Waals surface area contributed by atoms with E-state index >= 15 is 0 Å². The summed E-state index contributed by atoms with van der Waals surface area (Å²) in [6, 6.07) is 11.3. The van der Waals surface area contributed by atoms with Crippen molar-refractivity contribution < 1.29 is 4.79 Å². The number of nitrogens with zero attached hydrogens (tertiary/aromatic N) is 4. The van der Waals surface area contributed by atoms with E-state index in [2.05, 4.69) is 30.6 Å². The highest BCUT2D eigenvalue weighted by Gasteiger charge is 2.22. The predicted molar refractivity (Wildman–Crippen MR) is 90.8 cm³/mol. The maximum Gasteiger partial charge on any atom is 0.251 e. The summed E-state index contributed by atoms with van der Waals surface area (Å²) in [7, 11) is 0. The third-order valence-electron chi connectivity index (χ3n) is 4.31. The number of hydrogen-bond donors (Lipinski definition) is 2. The molecule has 0 bridgehead atoms. The number of fused-ring (bicyclic) bond motifs is 1. The molecule has 4 rings (SSSR count). The molecule has 1 fully saturated rings. The first-order valence-corrected chi connectivity index (χ1v) is 8.07. The van der Waals surface area contributed by atoms with Gasteiger partial charge in [0.1, 0.15) is 16.9 Å². The lowest BCUT2D eigenvalue weighted by molar-refractivity contribution is 0.0933. The molecule has 1 atom stereocenters. The smallest absolute Gasteiger partial charge is 0.251 e. The van der Waals surface area contributed by atoms with E-state index < -0.39 is 0 Å². The van der Waals surface area contributed by atoms with Crippen molar-refractivity contribution in [2.24, 2.45) is 0 Å². The van der Waals surface area contributed by atoms with Crippen LogP contribution in [0.15, 0.2) is 42.6 Å². The van der Waals surface area contributed by atoms with Gasteiger partial charge in [-0.1, -0.05) is 6.07 Å². The molecule has 1 aliphatic heterocycles. The molecule has 122 valence electrons.